The molecule has 0 bridgehead atoms. The number of rotatable bonds is 6. The number of imidazole rings is 1. The number of aromatic nitrogens is 2. The van der Waals surface area contributed by atoms with Crippen LogP contribution in [0.1, 0.15) is 17.3 Å². The molecule has 2 heterocycles. The van der Waals surface area contributed by atoms with E-state index in [0.717, 1.165) is 0 Å². The SMILES string of the molecule is CNCc1cc(S(=O)(=O)NCc2nccn2C)c(C)o1. The molecule has 0 spiro atoms. The van der Waals surface area contributed by atoms with Gasteiger partial charge in [0.2, 0.25) is 10.0 Å². The number of nitrogens with one attached hydrogen (secondary N) is 2. The lowest BCUT2D eigenvalue weighted by molar-refractivity contribution is 0.465. The number of nitrogens with zero attached hydrogens (tertiary/aromatic N) is 2. The minimum atomic E-state index is -3.61. The van der Waals surface area contributed by atoms with E-state index in [1.54, 1.807) is 30.9 Å². The van der Waals surface area contributed by atoms with Gasteiger partial charge in [-0.25, -0.2) is 18.1 Å². The number of sulfonamides is 1. The summed E-state index contributed by atoms with van der Waals surface area (Å²) in [5, 5.41) is 2.92. The van der Waals surface area contributed by atoms with Crippen molar-refractivity contribution in [3.8, 4) is 0 Å². The Morgan fingerprint density at radius 3 is 2.75 bits per heavy atom. The van der Waals surface area contributed by atoms with E-state index in [-0.39, 0.29) is 11.4 Å². The summed E-state index contributed by atoms with van der Waals surface area (Å²) >= 11 is 0. The van der Waals surface area contributed by atoms with E-state index in [2.05, 4.69) is 15.0 Å². The van der Waals surface area contributed by atoms with Crippen LogP contribution in [0.2, 0.25) is 0 Å². The Labute approximate surface area is 118 Å². The zero-order chi connectivity index (χ0) is 14.8. The predicted molar refractivity (Wildman–Crippen MR) is 73.4 cm³/mol. The Morgan fingerprint density at radius 1 is 1.40 bits per heavy atom. The third kappa shape index (κ3) is 3.09. The van der Waals surface area contributed by atoms with E-state index < -0.39 is 10.0 Å². The molecule has 0 amide bonds. The van der Waals surface area contributed by atoms with E-state index in [9.17, 15) is 8.42 Å². The molecule has 0 aliphatic carbocycles. The number of furan rings is 1. The number of hydrogen-bond acceptors (Lipinski definition) is 5. The molecule has 0 aromatic carbocycles. The molecular weight excluding hydrogens is 280 g/mol. The average molecular weight is 298 g/mol. The van der Waals surface area contributed by atoms with Gasteiger partial charge >= 0.3 is 0 Å². The predicted octanol–water partition coefficient (Wildman–Crippen LogP) is 0.519. The first-order valence-corrected chi connectivity index (χ1v) is 7.62. The average Bonchev–Trinajstić information content (AvgIpc) is 2.94. The summed E-state index contributed by atoms with van der Waals surface area (Å²) in [6.45, 7) is 2.25. The van der Waals surface area contributed by atoms with Crippen LogP contribution in [0.5, 0.6) is 0 Å². The zero-order valence-electron chi connectivity index (χ0n) is 11.7. The van der Waals surface area contributed by atoms with Crippen molar-refractivity contribution in [2.24, 2.45) is 7.05 Å². The molecule has 8 heteroatoms. The fourth-order valence-electron chi connectivity index (χ4n) is 1.86. The molecule has 2 rings (SSSR count). The Kier molecular flexibility index (Phi) is 4.26. The second-order valence-corrected chi connectivity index (χ2v) is 6.18. The maximum absolute atomic E-state index is 12.2. The second kappa shape index (κ2) is 5.78. The van der Waals surface area contributed by atoms with Crippen LogP contribution in [0.25, 0.3) is 0 Å². The molecule has 0 radical (unpaired) electrons. The fraction of sp³-hybridized carbons (Fsp3) is 0.417. The van der Waals surface area contributed by atoms with E-state index >= 15 is 0 Å². The molecule has 0 aliphatic heterocycles. The maximum atomic E-state index is 12.2. The van der Waals surface area contributed by atoms with E-state index in [4.69, 9.17) is 4.42 Å². The molecule has 0 saturated heterocycles. The minimum absolute atomic E-state index is 0.137. The van der Waals surface area contributed by atoms with Crippen molar-refractivity contribution in [1.82, 2.24) is 19.6 Å². The third-order valence-electron chi connectivity index (χ3n) is 2.91. The Bertz CT molecular complexity index is 687. The van der Waals surface area contributed by atoms with Gasteiger partial charge in [0.15, 0.2) is 0 Å². The van der Waals surface area contributed by atoms with Gasteiger partial charge in [-0.3, -0.25) is 0 Å². The zero-order valence-corrected chi connectivity index (χ0v) is 12.5. The minimum Gasteiger partial charge on any atom is -0.464 e. The lowest BCUT2D eigenvalue weighted by Crippen LogP contribution is -2.24. The van der Waals surface area contributed by atoms with Crippen molar-refractivity contribution in [2.45, 2.75) is 24.9 Å². The summed E-state index contributed by atoms with van der Waals surface area (Å²) in [6.07, 6.45) is 3.38. The molecule has 2 aromatic rings. The summed E-state index contributed by atoms with van der Waals surface area (Å²) < 4.78 is 34.2. The van der Waals surface area contributed by atoms with Crippen molar-refractivity contribution in [2.75, 3.05) is 7.05 Å². The maximum Gasteiger partial charge on any atom is 0.244 e. The monoisotopic (exact) mass is 298 g/mol. The van der Waals surface area contributed by atoms with Crippen molar-refractivity contribution >= 4 is 10.0 Å². The van der Waals surface area contributed by atoms with Gasteiger partial charge in [0.25, 0.3) is 0 Å². The van der Waals surface area contributed by atoms with Gasteiger partial charge in [0.1, 0.15) is 22.2 Å². The fourth-order valence-corrected chi connectivity index (χ4v) is 3.04. The Hall–Kier alpha value is -1.64. The molecule has 0 saturated carbocycles. The molecule has 0 atom stereocenters. The van der Waals surface area contributed by atoms with Crippen molar-refractivity contribution in [3.05, 3.63) is 35.8 Å². The molecule has 20 heavy (non-hydrogen) atoms. The largest absolute Gasteiger partial charge is 0.464 e. The first-order chi connectivity index (χ1) is 9.44. The van der Waals surface area contributed by atoms with Crippen LogP contribution in [-0.4, -0.2) is 25.0 Å². The highest BCUT2D eigenvalue weighted by atomic mass is 32.2. The van der Waals surface area contributed by atoms with Gasteiger partial charge < -0.3 is 14.3 Å². The van der Waals surface area contributed by atoms with Crippen molar-refractivity contribution < 1.29 is 12.8 Å². The topological polar surface area (TPSA) is 89.2 Å². The van der Waals surface area contributed by atoms with Crippen LogP contribution in [0.3, 0.4) is 0 Å². The summed E-state index contributed by atoms with van der Waals surface area (Å²) in [7, 11) is -0.0267. The molecule has 0 fully saturated rings. The van der Waals surface area contributed by atoms with Gasteiger partial charge in [-0.2, -0.15) is 0 Å². The van der Waals surface area contributed by atoms with Crippen molar-refractivity contribution in [3.63, 3.8) is 0 Å². The Balaban J connectivity index is 2.16. The van der Waals surface area contributed by atoms with Gasteiger partial charge in [-0.15, -0.1) is 0 Å². The molecular formula is C12H18N4O3S. The van der Waals surface area contributed by atoms with E-state index in [0.29, 0.717) is 23.9 Å². The molecule has 0 unspecified atom stereocenters. The first kappa shape index (κ1) is 14.8. The lowest BCUT2D eigenvalue weighted by atomic mass is 10.4. The van der Waals surface area contributed by atoms with Crippen LogP contribution in [0.15, 0.2) is 27.8 Å². The van der Waals surface area contributed by atoms with Gasteiger partial charge in [-0.1, -0.05) is 0 Å². The lowest BCUT2D eigenvalue weighted by Gasteiger charge is -2.05. The van der Waals surface area contributed by atoms with Crippen LogP contribution in [-0.2, 0) is 30.2 Å². The third-order valence-corrected chi connectivity index (χ3v) is 4.41. The molecule has 110 valence electrons. The smallest absolute Gasteiger partial charge is 0.244 e. The van der Waals surface area contributed by atoms with Crippen LogP contribution in [0.4, 0.5) is 0 Å². The molecule has 2 N–H and O–H groups in total. The summed E-state index contributed by atoms with van der Waals surface area (Å²) in [5.74, 6) is 1.61. The molecule has 2 aromatic heterocycles. The van der Waals surface area contributed by atoms with Gasteiger partial charge in [0, 0.05) is 25.5 Å². The van der Waals surface area contributed by atoms with Crippen LogP contribution >= 0.6 is 0 Å². The second-order valence-electron chi connectivity index (χ2n) is 4.44. The number of aryl methyl sites for hydroxylation is 2. The quantitative estimate of drug-likeness (QED) is 0.811. The van der Waals surface area contributed by atoms with E-state index in [1.807, 2.05) is 7.05 Å². The number of hydrogen-bond donors (Lipinski definition) is 2. The van der Waals surface area contributed by atoms with Crippen LogP contribution in [0, 0.1) is 6.92 Å². The van der Waals surface area contributed by atoms with E-state index in [1.165, 1.54) is 6.07 Å². The highest BCUT2D eigenvalue weighted by Gasteiger charge is 2.21. The standard InChI is InChI=1S/C12H18N4O3S/c1-9-11(6-10(19-9)7-13-2)20(17,18)15-8-12-14-4-5-16(12)3/h4-6,13,15H,7-8H2,1-3H3. The van der Waals surface area contributed by atoms with Gasteiger partial charge in [0.05, 0.1) is 13.1 Å². The molecule has 7 nitrogen and oxygen atoms in total. The first-order valence-electron chi connectivity index (χ1n) is 6.14. The summed E-state index contributed by atoms with van der Waals surface area (Å²) in [4.78, 5) is 4.24. The summed E-state index contributed by atoms with van der Waals surface area (Å²) in [5.41, 5.74) is 0. The Morgan fingerprint density at radius 2 is 2.15 bits per heavy atom. The summed E-state index contributed by atoms with van der Waals surface area (Å²) in [6, 6.07) is 1.53. The van der Waals surface area contributed by atoms with Crippen molar-refractivity contribution in [1.29, 1.82) is 0 Å². The highest BCUT2D eigenvalue weighted by molar-refractivity contribution is 7.89. The normalized spacial score (nSPS) is 11.9. The highest BCUT2D eigenvalue weighted by Crippen LogP contribution is 2.20. The molecule has 0 aliphatic rings. The van der Waals surface area contributed by atoms with Gasteiger partial charge in [-0.05, 0) is 14.0 Å². The van der Waals surface area contributed by atoms with Crippen LogP contribution < -0.4 is 10.0 Å².